The molecular formula is C21H21NO2. The average Bonchev–Trinajstić information content (AvgIpc) is 2.60. The standard InChI is InChI=1S/C21H21NO2/c1-16(2)22(19-10-4-3-5-11-19)21(23)15-24-20-13-12-17-8-6-7-9-18(17)14-20/h3-14,16H,15H2,1-2H3. The van der Waals surface area contributed by atoms with E-state index < -0.39 is 0 Å². The second kappa shape index (κ2) is 7.18. The first kappa shape index (κ1) is 16.1. The van der Waals surface area contributed by atoms with Gasteiger partial charge in [-0.25, -0.2) is 0 Å². The monoisotopic (exact) mass is 319 g/mol. The van der Waals surface area contributed by atoms with Gasteiger partial charge in [0, 0.05) is 11.7 Å². The smallest absolute Gasteiger partial charge is 0.265 e. The predicted octanol–water partition coefficient (Wildman–Crippen LogP) is 4.66. The van der Waals surface area contributed by atoms with Gasteiger partial charge in [-0.2, -0.15) is 0 Å². The van der Waals surface area contributed by atoms with Crippen LogP contribution in [0, 0.1) is 0 Å². The fourth-order valence-electron chi connectivity index (χ4n) is 2.79. The van der Waals surface area contributed by atoms with Gasteiger partial charge in [0.2, 0.25) is 0 Å². The molecule has 0 N–H and O–H groups in total. The first-order valence-electron chi connectivity index (χ1n) is 8.14. The molecule has 3 aromatic carbocycles. The maximum Gasteiger partial charge on any atom is 0.265 e. The van der Waals surface area contributed by atoms with Crippen molar-refractivity contribution in [1.82, 2.24) is 0 Å². The highest BCUT2D eigenvalue weighted by atomic mass is 16.5. The van der Waals surface area contributed by atoms with E-state index in [1.54, 1.807) is 4.90 Å². The van der Waals surface area contributed by atoms with Gasteiger partial charge in [-0.1, -0.05) is 48.5 Å². The molecule has 0 fully saturated rings. The van der Waals surface area contributed by atoms with Gasteiger partial charge in [0.15, 0.2) is 6.61 Å². The average molecular weight is 319 g/mol. The Labute approximate surface area is 142 Å². The molecular weight excluding hydrogens is 298 g/mol. The van der Waals surface area contributed by atoms with Crippen molar-refractivity contribution in [2.45, 2.75) is 19.9 Å². The Morgan fingerprint density at radius 1 is 0.917 bits per heavy atom. The minimum atomic E-state index is -0.0515. The van der Waals surface area contributed by atoms with E-state index in [0.29, 0.717) is 5.75 Å². The Hall–Kier alpha value is -2.81. The van der Waals surface area contributed by atoms with E-state index in [4.69, 9.17) is 4.74 Å². The Balaban J connectivity index is 1.73. The van der Waals surface area contributed by atoms with Crippen molar-refractivity contribution in [3.63, 3.8) is 0 Å². The summed E-state index contributed by atoms with van der Waals surface area (Å²) in [7, 11) is 0. The quantitative estimate of drug-likeness (QED) is 0.684. The molecule has 0 aliphatic heterocycles. The molecule has 122 valence electrons. The third kappa shape index (κ3) is 3.57. The molecule has 3 rings (SSSR count). The number of benzene rings is 3. The highest BCUT2D eigenvalue weighted by Gasteiger charge is 2.19. The lowest BCUT2D eigenvalue weighted by Gasteiger charge is -2.26. The van der Waals surface area contributed by atoms with Gasteiger partial charge in [-0.3, -0.25) is 4.79 Å². The third-order valence-corrected chi connectivity index (χ3v) is 3.90. The summed E-state index contributed by atoms with van der Waals surface area (Å²) in [6.45, 7) is 4.02. The maximum atomic E-state index is 12.6. The van der Waals surface area contributed by atoms with Crippen LogP contribution in [-0.4, -0.2) is 18.6 Å². The van der Waals surface area contributed by atoms with Gasteiger partial charge >= 0.3 is 0 Å². The molecule has 3 nitrogen and oxygen atoms in total. The minimum Gasteiger partial charge on any atom is -0.484 e. The number of carbonyl (C=O) groups is 1. The fourth-order valence-corrected chi connectivity index (χ4v) is 2.79. The molecule has 0 atom stereocenters. The summed E-state index contributed by atoms with van der Waals surface area (Å²) in [6, 6.07) is 23.7. The van der Waals surface area contributed by atoms with Crippen molar-refractivity contribution in [2.24, 2.45) is 0 Å². The van der Waals surface area contributed by atoms with E-state index in [9.17, 15) is 4.79 Å². The summed E-state index contributed by atoms with van der Waals surface area (Å²) in [5.41, 5.74) is 0.889. The number of fused-ring (bicyclic) bond motifs is 1. The van der Waals surface area contributed by atoms with Crippen LogP contribution in [0.5, 0.6) is 5.75 Å². The number of carbonyl (C=O) groups excluding carboxylic acids is 1. The lowest BCUT2D eigenvalue weighted by atomic mass is 10.1. The van der Waals surface area contributed by atoms with E-state index >= 15 is 0 Å². The van der Waals surface area contributed by atoms with Crippen LogP contribution in [-0.2, 0) is 4.79 Å². The van der Waals surface area contributed by atoms with Crippen molar-refractivity contribution in [3.05, 3.63) is 72.8 Å². The fraction of sp³-hybridized carbons (Fsp3) is 0.190. The van der Waals surface area contributed by atoms with Crippen LogP contribution < -0.4 is 9.64 Å². The molecule has 0 saturated heterocycles. The van der Waals surface area contributed by atoms with E-state index in [1.165, 1.54) is 0 Å². The summed E-state index contributed by atoms with van der Waals surface area (Å²) in [5, 5.41) is 2.26. The number of hydrogen-bond acceptors (Lipinski definition) is 2. The van der Waals surface area contributed by atoms with Gasteiger partial charge in [0.1, 0.15) is 5.75 Å². The van der Waals surface area contributed by atoms with Gasteiger partial charge in [-0.15, -0.1) is 0 Å². The number of nitrogens with zero attached hydrogens (tertiary/aromatic N) is 1. The second-order valence-corrected chi connectivity index (χ2v) is 5.99. The Morgan fingerprint density at radius 2 is 1.58 bits per heavy atom. The predicted molar refractivity (Wildman–Crippen MR) is 98.5 cm³/mol. The summed E-state index contributed by atoms with van der Waals surface area (Å²) in [5.74, 6) is 0.656. The zero-order chi connectivity index (χ0) is 16.9. The molecule has 0 saturated carbocycles. The summed E-state index contributed by atoms with van der Waals surface area (Å²) >= 11 is 0. The zero-order valence-corrected chi connectivity index (χ0v) is 14.0. The molecule has 3 heteroatoms. The SMILES string of the molecule is CC(C)N(C(=O)COc1ccc2ccccc2c1)c1ccccc1. The molecule has 0 aromatic heterocycles. The largest absolute Gasteiger partial charge is 0.484 e. The van der Waals surface area contributed by atoms with Crippen LogP contribution in [0.15, 0.2) is 72.8 Å². The molecule has 0 bridgehead atoms. The number of para-hydroxylation sites is 1. The Kier molecular flexibility index (Phi) is 4.80. The molecule has 0 aliphatic rings. The van der Waals surface area contributed by atoms with Gasteiger partial charge in [-0.05, 0) is 48.9 Å². The number of ether oxygens (including phenoxy) is 1. The van der Waals surface area contributed by atoms with E-state index in [1.807, 2.05) is 80.6 Å². The van der Waals surface area contributed by atoms with Crippen molar-refractivity contribution < 1.29 is 9.53 Å². The summed E-state index contributed by atoms with van der Waals surface area (Å²) < 4.78 is 5.74. The van der Waals surface area contributed by atoms with Crippen molar-refractivity contribution in [3.8, 4) is 5.75 Å². The van der Waals surface area contributed by atoms with Gasteiger partial charge < -0.3 is 9.64 Å². The molecule has 0 unspecified atom stereocenters. The first-order chi connectivity index (χ1) is 11.6. The summed E-state index contributed by atoms with van der Waals surface area (Å²) in [4.78, 5) is 14.4. The van der Waals surface area contributed by atoms with Crippen LogP contribution in [0.1, 0.15) is 13.8 Å². The van der Waals surface area contributed by atoms with Crippen LogP contribution in [0.2, 0.25) is 0 Å². The number of rotatable bonds is 5. The van der Waals surface area contributed by atoms with Crippen molar-refractivity contribution >= 4 is 22.4 Å². The van der Waals surface area contributed by atoms with Gasteiger partial charge in [0.25, 0.3) is 5.91 Å². The lowest BCUT2D eigenvalue weighted by molar-refractivity contribution is -0.120. The number of amides is 1. The van der Waals surface area contributed by atoms with Crippen LogP contribution in [0.3, 0.4) is 0 Å². The van der Waals surface area contributed by atoms with Crippen molar-refractivity contribution in [1.29, 1.82) is 0 Å². The minimum absolute atomic E-state index is 0.0193. The summed E-state index contributed by atoms with van der Waals surface area (Å²) in [6.07, 6.45) is 0. The molecule has 24 heavy (non-hydrogen) atoms. The number of hydrogen-bond donors (Lipinski definition) is 0. The number of anilines is 1. The first-order valence-corrected chi connectivity index (χ1v) is 8.14. The molecule has 0 aliphatic carbocycles. The highest BCUT2D eigenvalue weighted by molar-refractivity contribution is 5.95. The maximum absolute atomic E-state index is 12.6. The normalized spacial score (nSPS) is 10.8. The molecule has 0 radical (unpaired) electrons. The van der Waals surface area contributed by atoms with Crippen LogP contribution in [0.25, 0.3) is 10.8 Å². The molecule has 3 aromatic rings. The topological polar surface area (TPSA) is 29.5 Å². The van der Waals surface area contributed by atoms with E-state index in [0.717, 1.165) is 16.5 Å². The molecule has 1 amide bonds. The Morgan fingerprint density at radius 3 is 2.29 bits per heavy atom. The van der Waals surface area contributed by atoms with Crippen LogP contribution in [0.4, 0.5) is 5.69 Å². The third-order valence-electron chi connectivity index (χ3n) is 3.90. The van der Waals surface area contributed by atoms with E-state index in [2.05, 4.69) is 6.07 Å². The van der Waals surface area contributed by atoms with E-state index in [-0.39, 0.29) is 18.6 Å². The second-order valence-electron chi connectivity index (χ2n) is 5.99. The van der Waals surface area contributed by atoms with Gasteiger partial charge in [0.05, 0.1) is 0 Å². The van der Waals surface area contributed by atoms with Crippen LogP contribution >= 0.6 is 0 Å². The van der Waals surface area contributed by atoms with Crippen molar-refractivity contribution in [2.75, 3.05) is 11.5 Å². The lowest BCUT2D eigenvalue weighted by Crippen LogP contribution is -2.40. The highest BCUT2D eigenvalue weighted by Crippen LogP contribution is 2.21. The molecule has 0 heterocycles. The zero-order valence-electron chi connectivity index (χ0n) is 14.0. The Bertz CT molecular complexity index is 827. The molecule has 0 spiro atoms.